The Labute approximate surface area is 179 Å². The van der Waals surface area contributed by atoms with Crippen molar-refractivity contribution >= 4 is 29.2 Å². The zero-order chi connectivity index (χ0) is 22.1. The number of ether oxygens (including phenoxy) is 1. The second kappa shape index (κ2) is 8.57. The summed E-state index contributed by atoms with van der Waals surface area (Å²) in [5.41, 5.74) is -1.09. The van der Waals surface area contributed by atoms with Gasteiger partial charge < -0.3 is 4.74 Å². The van der Waals surface area contributed by atoms with E-state index in [0.29, 0.717) is 15.6 Å². The van der Waals surface area contributed by atoms with Gasteiger partial charge >= 0.3 is 12.1 Å². The van der Waals surface area contributed by atoms with E-state index in [1.165, 1.54) is 16.9 Å². The van der Waals surface area contributed by atoms with E-state index in [1.54, 1.807) is 19.1 Å². The predicted octanol–water partition coefficient (Wildman–Crippen LogP) is 5.19. The second-order valence-electron chi connectivity index (χ2n) is 6.26. The molecule has 1 aromatic heterocycles. The number of benzene rings is 2. The molecule has 158 valence electrons. The number of alkyl halides is 3. The van der Waals surface area contributed by atoms with Crippen molar-refractivity contribution in [3.05, 3.63) is 85.8 Å². The first-order valence-electron chi connectivity index (χ1n) is 8.73. The van der Waals surface area contributed by atoms with Gasteiger partial charge in [0, 0.05) is 16.2 Å². The summed E-state index contributed by atoms with van der Waals surface area (Å²) in [5, 5.41) is 0.754. The number of carbonyl (C=O) groups excluding carboxylic acids is 1. The molecule has 0 aliphatic carbocycles. The molecule has 1 heterocycles. The van der Waals surface area contributed by atoms with Crippen molar-refractivity contribution in [2.45, 2.75) is 19.6 Å². The average Bonchev–Trinajstić information content (AvgIpc) is 3.00. The van der Waals surface area contributed by atoms with Crippen molar-refractivity contribution in [3.8, 4) is 5.69 Å². The first kappa shape index (κ1) is 22.0. The molecule has 0 aliphatic rings. The zero-order valence-corrected chi connectivity index (χ0v) is 17.1. The Kier molecular flexibility index (Phi) is 6.28. The largest absolute Gasteiger partial charge is 0.462 e. The van der Waals surface area contributed by atoms with Gasteiger partial charge in [0.25, 0.3) is 5.56 Å². The summed E-state index contributed by atoms with van der Waals surface area (Å²) in [5.74, 6) is -0.830. The van der Waals surface area contributed by atoms with Gasteiger partial charge in [0.2, 0.25) is 0 Å². The molecule has 0 saturated heterocycles. The summed E-state index contributed by atoms with van der Waals surface area (Å²) >= 11 is 12.1. The van der Waals surface area contributed by atoms with E-state index in [1.807, 2.05) is 0 Å². The van der Waals surface area contributed by atoms with Crippen molar-refractivity contribution in [1.82, 2.24) is 9.36 Å². The number of hydrogen-bond donors (Lipinski definition) is 0. The van der Waals surface area contributed by atoms with E-state index in [-0.39, 0.29) is 24.4 Å². The van der Waals surface area contributed by atoms with Crippen molar-refractivity contribution in [2.75, 3.05) is 6.61 Å². The number of esters is 1. The number of carbonyl (C=O) groups is 1. The molecule has 0 amide bonds. The minimum absolute atomic E-state index is 0.0612. The molecule has 0 N–H and O–H groups in total. The normalized spacial score (nSPS) is 11.5. The lowest BCUT2D eigenvalue weighted by Gasteiger charge is -2.14. The Morgan fingerprint density at radius 2 is 1.77 bits per heavy atom. The molecular weight excluding hydrogens is 444 g/mol. The summed E-state index contributed by atoms with van der Waals surface area (Å²) in [6.07, 6.45) is -3.23. The molecule has 0 bridgehead atoms. The van der Waals surface area contributed by atoms with Crippen molar-refractivity contribution < 1.29 is 22.7 Å². The molecule has 3 rings (SSSR count). The Hall–Kier alpha value is -2.71. The van der Waals surface area contributed by atoms with Gasteiger partial charge in [0.15, 0.2) is 0 Å². The first-order chi connectivity index (χ1) is 14.1. The fourth-order valence-corrected chi connectivity index (χ4v) is 3.31. The highest BCUT2D eigenvalue weighted by atomic mass is 35.5. The van der Waals surface area contributed by atoms with Crippen LogP contribution in [0.3, 0.4) is 0 Å². The van der Waals surface area contributed by atoms with Gasteiger partial charge in [-0.05, 0) is 48.9 Å². The molecule has 0 atom stereocenters. The summed E-state index contributed by atoms with van der Waals surface area (Å²) in [6.45, 7) is 1.72. The minimum atomic E-state index is -4.52. The van der Waals surface area contributed by atoms with Gasteiger partial charge in [-0.15, -0.1) is 0 Å². The third kappa shape index (κ3) is 4.55. The maximum atomic E-state index is 12.9. The van der Waals surface area contributed by atoms with E-state index >= 15 is 0 Å². The van der Waals surface area contributed by atoms with Gasteiger partial charge in [-0.25, -0.2) is 9.48 Å². The minimum Gasteiger partial charge on any atom is -0.462 e. The van der Waals surface area contributed by atoms with Crippen LogP contribution < -0.4 is 5.56 Å². The highest BCUT2D eigenvalue weighted by molar-refractivity contribution is 6.35. The lowest BCUT2D eigenvalue weighted by molar-refractivity contribution is -0.137. The van der Waals surface area contributed by atoms with Crippen LogP contribution in [-0.2, 0) is 17.5 Å². The maximum Gasteiger partial charge on any atom is 0.416 e. The number of aromatic nitrogens is 2. The highest BCUT2D eigenvalue weighted by Crippen LogP contribution is 2.29. The third-order valence-electron chi connectivity index (χ3n) is 4.24. The molecule has 0 radical (unpaired) electrons. The molecular formula is C20H15Cl2F3N2O3. The topological polar surface area (TPSA) is 53.2 Å². The van der Waals surface area contributed by atoms with E-state index in [9.17, 15) is 22.8 Å². The van der Waals surface area contributed by atoms with Gasteiger partial charge in [-0.2, -0.15) is 13.2 Å². The summed E-state index contributed by atoms with van der Waals surface area (Å²) < 4.78 is 46.0. The number of hydrogen-bond acceptors (Lipinski definition) is 3. The van der Waals surface area contributed by atoms with Crippen LogP contribution in [0.2, 0.25) is 10.0 Å². The van der Waals surface area contributed by atoms with Crippen LogP contribution in [0, 0.1) is 0 Å². The smallest absolute Gasteiger partial charge is 0.416 e. The van der Waals surface area contributed by atoms with Crippen LogP contribution in [0.4, 0.5) is 13.2 Å². The van der Waals surface area contributed by atoms with Gasteiger partial charge in [0.1, 0.15) is 5.56 Å². The van der Waals surface area contributed by atoms with Crippen molar-refractivity contribution in [1.29, 1.82) is 0 Å². The monoisotopic (exact) mass is 458 g/mol. The summed E-state index contributed by atoms with van der Waals surface area (Å²) in [6, 6.07) is 8.80. The maximum absolute atomic E-state index is 12.9. The standard InChI is InChI=1S/C20H15Cl2F3N2O3/c1-2-30-19(29)16-11-26(10-12-3-6-14(21)9-17(12)22)27(18(16)28)15-7-4-13(5-8-15)20(23,24)25/h3-9,11H,2,10H2,1H3. The van der Waals surface area contributed by atoms with Gasteiger partial charge in [-0.3, -0.25) is 9.48 Å². The predicted molar refractivity (Wildman–Crippen MR) is 107 cm³/mol. The number of rotatable bonds is 5. The third-order valence-corrected chi connectivity index (χ3v) is 4.83. The Morgan fingerprint density at radius 1 is 1.10 bits per heavy atom. The Balaban J connectivity index is 2.12. The lowest BCUT2D eigenvalue weighted by Crippen LogP contribution is -2.25. The molecule has 10 heteroatoms. The summed E-state index contributed by atoms with van der Waals surface area (Å²) in [4.78, 5) is 25.1. The molecule has 0 spiro atoms. The van der Waals surface area contributed by atoms with Crippen LogP contribution in [0.1, 0.15) is 28.4 Å². The van der Waals surface area contributed by atoms with E-state index in [4.69, 9.17) is 27.9 Å². The van der Waals surface area contributed by atoms with Crippen LogP contribution in [0.5, 0.6) is 0 Å². The van der Waals surface area contributed by atoms with E-state index < -0.39 is 23.3 Å². The molecule has 30 heavy (non-hydrogen) atoms. The quantitative estimate of drug-likeness (QED) is 0.494. The van der Waals surface area contributed by atoms with Gasteiger partial charge in [0.05, 0.1) is 24.4 Å². The number of nitrogens with zero attached hydrogens (tertiary/aromatic N) is 2. The Morgan fingerprint density at radius 3 is 2.33 bits per heavy atom. The van der Waals surface area contributed by atoms with E-state index in [2.05, 4.69) is 0 Å². The summed E-state index contributed by atoms with van der Waals surface area (Å²) in [7, 11) is 0. The highest BCUT2D eigenvalue weighted by Gasteiger charge is 2.30. The second-order valence-corrected chi connectivity index (χ2v) is 7.10. The van der Waals surface area contributed by atoms with Crippen LogP contribution in [-0.4, -0.2) is 21.9 Å². The molecule has 5 nitrogen and oxygen atoms in total. The molecule has 0 unspecified atom stereocenters. The lowest BCUT2D eigenvalue weighted by atomic mass is 10.2. The fourth-order valence-electron chi connectivity index (χ4n) is 2.84. The average molecular weight is 459 g/mol. The molecule has 0 saturated carbocycles. The SMILES string of the molecule is CCOC(=O)c1cn(Cc2ccc(Cl)cc2Cl)n(-c2ccc(C(F)(F)F)cc2)c1=O. The number of halogens is 5. The fraction of sp³-hybridized carbons (Fsp3) is 0.200. The van der Waals surface area contributed by atoms with Crippen molar-refractivity contribution in [3.63, 3.8) is 0 Å². The van der Waals surface area contributed by atoms with Crippen LogP contribution in [0.15, 0.2) is 53.5 Å². The van der Waals surface area contributed by atoms with Gasteiger partial charge in [-0.1, -0.05) is 29.3 Å². The molecule has 0 aliphatic heterocycles. The molecule has 3 aromatic rings. The molecule has 0 fully saturated rings. The van der Waals surface area contributed by atoms with Crippen LogP contribution >= 0.6 is 23.2 Å². The van der Waals surface area contributed by atoms with E-state index in [0.717, 1.165) is 28.9 Å². The first-order valence-corrected chi connectivity index (χ1v) is 9.48. The van der Waals surface area contributed by atoms with Crippen LogP contribution in [0.25, 0.3) is 5.69 Å². The molecule has 2 aromatic carbocycles. The van der Waals surface area contributed by atoms with Crippen molar-refractivity contribution in [2.24, 2.45) is 0 Å². The Bertz CT molecular complexity index is 1140. The zero-order valence-electron chi connectivity index (χ0n) is 15.5.